The van der Waals surface area contributed by atoms with Crippen molar-refractivity contribution in [2.45, 2.75) is 25.3 Å². The Bertz CT molecular complexity index is 1320. The van der Waals surface area contributed by atoms with Gasteiger partial charge in [0.05, 0.1) is 12.0 Å². The van der Waals surface area contributed by atoms with Crippen LogP contribution in [0.25, 0.3) is 10.9 Å². The van der Waals surface area contributed by atoms with E-state index in [1.807, 2.05) is 72.9 Å². The number of carbonyl (C=O) groups excluding carboxylic acids is 2. The minimum absolute atomic E-state index is 0.0760. The van der Waals surface area contributed by atoms with Gasteiger partial charge in [-0.15, -0.1) is 0 Å². The van der Waals surface area contributed by atoms with E-state index in [1.165, 1.54) is 0 Å². The van der Waals surface area contributed by atoms with Crippen LogP contribution in [0.5, 0.6) is 0 Å². The van der Waals surface area contributed by atoms with Crippen LogP contribution in [0.15, 0.2) is 79.0 Å². The first-order valence-corrected chi connectivity index (χ1v) is 10.9. The molecule has 2 heterocycles. The molecule has 2 atom stereocenters. The van der Waals surface area contributed by atoms with Crippen LogP contribution in [0.1, 0.15) is 45.9 Å². The van der Waals surface area contributed by atoms with Gasteiger partial charge in [-0.1, -0.05) is 55.5 Å². The number of nitrogens with one attached hydrogen (secondary N) is 2. The van der Waals surface area contributed by atoms with E-state index in [1.54, 1.807) is 18.0 Å². The van der Waals surface area contributed by atoms with E-state index in [9.17, 15) is 9.59 Å². The Labute approximate surface area is 187 Å². The Balaban J connectivity index is 1.63. The van der Waals surface area contributed by atoms with Crippen LogP contribution in [-0.2, 0) is 11.2 Å². The van der Waals surface area contributed by atoms with Crippen LogP contribution in [0, 0.1) is 0 Å². The van der Waals surface area contributed by atoms with Crippen molar-refractivity contribution in [2.24, 2.45) is 0 Å². The van der Waals surface area contributed by atoms with E-state index in [4.69, 9.17) is 0 Å². The monoisotopic (exact) mass is 423 g/mol. The van der Waals surface area contributed by atoms with Crippen molar-refractivity contribution in [2.75, 3.05) is 12.4 Å². The summed E-state index contributed by atoms with van der Waals surface area (Å²) in [5.41, 5.74) is 5.19. The molecule has 5 rings (SSSR count). The molecule has 5 nitrogen and oxygen atoms in total. The molecule has 0 aliphatic carbocycles. The van der Waals surface area contributed by atoms with E-state index in [-0.39, 0.29) is 11.8 Å². The van der Waals surface area contributed by atoms with Crippen LogP contribution in [0.3, 0.4) is 0 Å². The third kappa shape index (κ3) is 3.26. The second-order valence-electron chi connectivity index (χ2n) is 8.26. The van der Waals surface area contributed by atoms with Gasteiger partial charge in [0.1, 0.15) is 0 Å². The number of para-hydroxylation sites is 1. The summed E-state index contributed by atoms with van der Waals surface area (Å²) in [5.74, 6) is -0.744. The minimum atomic E-state index is -0.543. The molecule has 0 fully saturated rings. The van der Waals surface area contributed by atoms with Crippen molar-refractivity contribution in [1.29, 1.82) is 0 Å². The fourth-order valence-electron chi connectivity index (χ4n) is 4.77. The molecule has 3 aromatic carbocycles. The van der Waals surface area contributed by atoms with Gasteiger partial charge in [-0.3, -0.25) is 9.59 Å². The molecule has 0 saturated carbocycles. The third-order valence-corrected chi connectivity index (χ3v) is 6.40. The molecule has 160 valence electrons. The van der Waals surface area contributed by atoms with Gasteiger partial charge < -0.3 is 15.2 Å². The number of likely N-dealkylation sites (N-methyl/N-ethyl adjacent to an activating group) is 1. The standard InChI is InChI=1S/C27H25N3O2/c1-3-17-9-8-10-18(15-17)29-26(31)24-20-12-4-5-13-21(20)27(32)30(2)25(24)22-16-28-23-14-7-6-11-19(22)23/h4-16,24-25,28H,3H2,1-2H3,(H,29,31). The number of fused-ring (bicyclic) bond motifs is 2. The van der Waals surface area contributed by atoms with Crippen molar-refractivity contribution in [3.05, 3.63) is 101 Å². The molecule has 1 aliphatic rings. The molecular formula is C27H25N3O2. The van der Waals surface area contributed by atoms with Crippen molar-refractivity contribution in [3.8, 4) is 0 Å². The van der Waals surface area contributed by atoms with Crippen LogP contribution < -0.4 is 5.32 Å². The van der Waals surface area contributed by atoms with Crippen LogP contribution in [0.2, 0.25) is 0 Å². The summed E-state index contributed by atoms with van der Waals surface area (Å²) in [6.45, 7) is 2.09. The Hall–Kier alpha value is -3.86. The van der Waals surface area contributed by atoms with Crippen LogP contribution >= 0.6 is 0 Å². The zero-order valence-electron chi connectivity index (χ0n) is 18.1. The van der Waals surface area contributed by atoms with Crippen LogP contribution in [0.4, 0.5) is 5.69 Å². The lowest BCUT2D eigenvalue weighted by Crippen LogP contribution is -2.44. The maximum Gasteiger partial charge on any atom is 0.254 e. The van der Waals surface area contributed by atoms with Gasteiger partial charge in [0.15, 0.2) is 0 Å². The van der Waals surface area contributed by atoms with Gasteiger partial charge in [-0.2, -0.15) is 0 Å². The smallest absolute Gasteiger partial charge is 0.254 e. The van der Waals surface area contributed by atoms with Gasteiger partial charge in [-0.25, -0.2) is 0 Å². The molecular weight excluding hydrogens is 398 g/mol. The van der Waals surface area contributed by atoms with Gasteiger partial charge in [-0.05, 0) is 41.8 Å². The first kappa shape index (κ1) is 20.1. The number of anilines is 1. The molecule has 0 saturated heterocycles. The third-order valence-electron chi connectivity index (χ3n) is 6.40. The molecule has 4 aromatic rings. The summed E-state index contributed by atoms with van der Waals surface area (Å²) < 4.78 is 0. The van der Waals surface area contributed by atoms with E-state index >= 15 is 0 Å². The number of benzene rings is 3. The van der Waals surface area contributed by atoms with Gasteiger partial charge in [0, 0.05) is 41.0 Å². The molecule has 1 aromatic heterocycles. The lowest BCUT2D eigenvalue weighted by molar-refractivity contribution is -0.119. The first-order valence-electron chi connectivity index (χ1n) is 10.9. The maximum atomic E-state index is 13.8. The van der Waals surface area contributed by atoms with Gasteiger partial charge in [0.25, 0.3) is 5.91 Å². The van der Waals surface area contributed by atoms with Crippen molar-refractivity contribution in [3.63, 3.8) is 0 Å². The number of hydrogen-bond acceptors (Lipinski definition) is 2. The number of nitrogens with zero attached hydrogens (tertiary/aromatic N) is 1. The Kier molecular flexibility index (Phi) is 5.02. The highest BCUT2D eigenvalue weighted by Gasteiger charge is 2.43. The average molecular weight is 424 g/mol. The largest absolute Gasteiger partial charge is 0.361 e. The fourth-order valence-corrected chi connectivity index (χ4v) is 4.77. The zero-order valence-corrected chi connectivity index (χ0v) is 18.1. The summed E-state index contributed by atoms with van der Waals surface area (Å²) in [4.78, 5) is 32.0. The lowest BCUT2D eigenvalue weighted by atomic mass is 9.79. The number of H-pyrrole nitrogens is 1. The number of rotatable bonds is 4. The van der Waals surface area contributed by atoms with E-state index in [0.717, 1.165) is 39.7 Å². The molecule has 1 aliphatic heterocycles. The second kappa shape index (κ2) is 8.00. The Morgan fingerprint density at radius 3 is 2.62 bits per heavy atom. The zero-order chi connectivity index (χ0) is 22.2. The van der Waals surface area contributed by atoms with Gasteiger partial charge >= 0.3 is 0 Å². The highest BCUT2D eigenvalue weighted by atomic mass is 16.2. The average Bonchev–Trinajstić information content (AvgIpc) is 3.25. The fraction of sp³-hybridized carbons (Fsp3) is 0.185. The molecule has 0 bridgehead atoms. The maximum absolute atomic E-state index is 13.8. The molecule has 32 heavy (non-hydrogen) atoms. The number of aromatic amines is 1. The highest BCUT2D eigenvalue weighted by Crippen LogP contribution is 2.44. The summed E-state index contributed by atoms with van der Waals surface area (Å²) in [6, 6.07) is 22.9. The van der Waals surface area contributed by atoms with E-state index < -0.39 is 12.0 Å². The summed E-state index contributed by atoms with van der Waals surface area (Å²) in [5, 5.41) is 4.13. The van der Waals surface area contributed by atoms with Gasteiger partial charge in [0.2, 0.25) is 5.91 Å². The Morgan fingerprint density at radius 2 is 1.78 bits per heavy atom. The predicted molar refractivity (Wildman–Crippen MR) is 127 cm³/mol. The number of hydrogen-bond donors (Lipinski definition) is 2. The summed E-state index contributed by atoms with van der Waals surface area (Å²) >= 11 is 0. The SMILES string of the molecule is CCc1cccc(NC(=O)C2c3ccccc3C(=O)N(C)C2c2c[nH]c3ccccc23)c1. The number of aryl methyl sites for hydroxylation is 1. The van der Waals surface area contributed by atoms with Crippen LogP contribution in [-0.4, -0.2) is 28.7 Å². The number of amides is 2. The molecule has 2 N–H and O–H groups in total. The second-order valence-corrected chi connectivity index (χ2v) is 8.26. The quantitative estimate of drug-likeness (QED) is 0.469. The molecule has 0 radical (unpaired) electrons. The molecule has 0 spiro atoms. The first-order chi connectivity index (χ1) is 15.6. The highest BCUT2D eigenvalue weighted by molar-refractivity contribution is 6.05. The summed E-state index contributed by atoms with van der Waals surface area (Å²) in [7, 11) is 1.78. The van der Waals surface area contributed by atoms with E-state index in [0.29, 0.717) is 5.56 Å². The summed E-state index contributed by atoms with van der Waals surface area (Å²) in [6.07, 6.45) is 2.82. The predicted octanol–water partition coefficient (Wildman–Crippen LogP) is 5.28. The van der Waals surface area contributed by atoms with E-state index in [2.05, 4.69) is 17.2 Å². The topological polar surface area (TPSA) is 65.2 Å². The normalized spacial score (nSPS) is 17.9. The van der Waals surface area contributed by atoms with Crippen molar-refractivity contribution < 1.29 is 9.59 Å². The Morgan fingerprint density at radius 1 is 1.00 bits per heavy atom. The molecule has 2 amide bonds. The van der Waals surface area contributed by atoms with Crippen molar-refractivity contribution in [1.82, 2.24) is 9.88 Å². The number of aromatic nitrogens is 1. The molecule has 2 unspecified atom stereocenters. The van der Waals surface area contributed by atoms with Crippen molar-refractivity contribution >= 4 is 28.4 Å². The minimum Gasteiger partial charge on any atom is -0.361 e. The number of carbonyl (C=O) groups is 2. The lowest BCUT2D eigenvalue weighted by Gasteiger charge is -2.39. The molecule has 5 heteroatoms.